The van der Waals surface area contributed by atoms with Crippen molar-refractivity contribution in [3.63, 3.8) is 0 Å². The molecule has 1 N–H and O–H groups in total. The smallest absolute Gasteiger partial charge is 0.103 e. The quantitative estimate of drug-likeness (QED) is 0.879. The molecule has 1 aromatic carbocycles. The molecule has 1 unspecified atom stereocenters. The van der Waals surface area contributed by atoms with E-state index in [-0.39, 0.29) is 0 Å². The van der Waals surface area contributed by atoms with Crippen molar-refractivity contribution in [3.8, 4) is 0 Å². The van der Waals surface area contributed by atoms with Crippen LogP contribution in [0.4, 0.5) is 0 Å². The van der Waals surface area contributed by atoms with Crippen molar-refractivity contribution in [2.24, 2.45) is 0 Å². The number of aliphatic hydroxyl groups is 1. The Morgan fingerprint density at radius 1 is 1.28 bits per heavy atom. The summed E-state index contributed by atoms with van der Waals surface area (Å²) in [5.41, 5.74) is 2.79. The summed E-state index contributed by atoms with van der Waals surface area (Å²) in [7, 11) is 0. The number of fused-ring (bicyclic) bond motifs is 1. The molecule has 1 aromatic heterocycles. The normalized spacial score (nSPS) is 17.1. The van der Waals surface area contributed by atoms with E-state index in [1.165, 1.54) is 0 Å². The van der Waals surface area contributed by atoms with Crippen LogP contribution in [0.15, 0.2) is 48.4 Å². The molecular formula is C15H15NO2. The van der Waals surface area contributed by atoms with Gasteiger partial charge in [-0.25, -0.2) is 0 Å². The van der Waals surface area contributed by atoms with Crippen LogP contribution in [0.3, 0.4) is 0 Å². The molecule has 3 rings (SSSR count). The maximum Gasteiger partial charge on any atom is 0.103 e. The van der Waals surface area contributed by atoms with E-state index in [4.69, 9.17) is 4.74 Å². The molecule has 0 spiro atoms. The summed E-state index contributed by atoms with van der Waals surface area (Å²) in [6, 6.07) is 9.77. The minimum Gasteiger partial charge on any atom is -0.501 e. The molecule has 0 radical (unpaired) electrons. The molecule has 0 saturated heterocycles. The minimum absolute atomic E-state index is 0.574. The summed E-state index contributed by atoms with van der Waals surface area (Å²) < 4.78 is 5.28. The molecule has 3 heteroatoms. The predicted octanol–water partition coefficient (Wildman–Crippen LogP) is 2.96. The third-order valence-corrected chi connectivity index (χ3v) is 3.26. The highest BCUT2D eigenvalue weighted by atomic mass is 16.5. The SMILES string of the molecule is OC(C1=COCCC1)c1ccc2ncccc2c1. The van der Waals surface area contributed by atoms with Crippen LogP contribution in [0.25, 0.3) is 10.9 Å². The Labute approximate surface area is 106 Å². The van der Waals surface area contributed by atoms with E-state index in [1.807, 2.05) is 30.3 Å². The largest absolute Gasteiger partial charge is 0.501 e. The molecule has 0 aliphatic carbocycles. The molecule has 1 atom stereocenters. The number of ether oxygens (including phenoxy) is 1. The number of hydrogen-bond acceptors (Lipinski definition) is 3. The standard InChI is InChI=1S/C15H15NO2/c17-15(13-4-2-8-18-10-13)12-5-6-14-11(9-12)3-1-7-16-14/h1,3,5-7,9-10,15,17H,2,4,8H2. The third-order valence-electron chi connectivity index (χ3n) is 3.26. The van der Waals surface area contributed by atoms with Crippen molar-refractivity contribution < 1.29 is 9.84 Å². The van der Waals surface area contributed by atoms with Gasteiger partial charge in [-0.1, -0.05) is 12.1 Å². The van der Waals surface area contributed by atoms with Crippen molar-refractivity contribution in [3.05, 3.63) is 53.9 Å². The predicted molar refractivity (Wildman–Crippen MR) is 70.0 cm³/mol. The van der Waals surface area contributed by atoms with Gasteiger partial charge < -0.3 is 9.84 Å². The summed E-state index contributed by atoms with van der Waals surface area (Å²) >= 11 is 0. The molecule has 0 fully saturated rings. The van der Waals surface area contributed by atoms with Gasteiger partial charge in [0.2, 0.25) is 0 Å². The van der Waals surface area contributed by atoms with E-state index in [1.54, 1.807) is 12.5 Å². The van der Waals surface area contributed by atoms with Crippen LogP contribution in [0, 0.1) is 0 Å². The second kappa shape index (κ2) is 4.78. The van der Waals surface area contributed by atoms with Crippen LogP contribution in [0.1, 0.15) is 24.5 Å². The van der Waals surface area contributed by atoms with Crippen molar-refractivity contribution in [2.75, 3.05) is 6.61 Å². The molecule has 1 aliphatic rings. The first kappa shape index (κ1) is 11.2. The zero-order chi connectivity index (χ0) is 12.4. The van der Waals surface area contributed by atoms with Gasteiger partial charge >= 0.3 is 0 Å². The van der Waals surface area contributed by atoms with Crippen LogP contribution < -0.4 is 0 Å². The topological polar surface area (TPSA) is 42.4 Å². The first-order chi connectivity index (χ1) is 8.84. The van der Waals surface area contributed by atoms with Gasteiger partial charge in [0.1, 0.15) is 6.10 Å². The molecule has 0 saturated carbocycles. The molecule has 1 aliphatic heterocycles. The maximum atomic E-state index is 10.3. The number of pyridine rings is 1. The summed E-state index contributed by atoms with van der Waals surface area (Å²) in [6.45, 7) is 0.748. The number of aromatic nitrogens is 1. The number of nitrogens with zero attached hydrogens (tertiary/aromatic N) is 1. The maximum absolute atomic E-state index is 10.3. The number of aliphatic hydroxyl groups excluding tert-OH is 1. The first-order valence-corrected chi connectivity index (χ1v) is 6.18. The highest BCUT2D eigenvalue weighted by Gasteiger charge is 2.16. The molecule has 0 bridgehead atoms. The van der Waals surface area contributed by atoms with Crippen LogP contribution in [-0.4, -0.2) is 16.7 Å². The number of benzene rings is 1. The Kier molecular flexibility index (Phi) is 2.99. The summed E-state index contributed by atoms with van der Waals surface area (Å²) in [5, 5.41) is 11.4. The molecule has 92 valence electrons. The average molecular weight is 241 g/mol. The Morgan fingerprint density at radius 3 is 3.06 bits per heavy atom. The van der Waals surface area contributed by atoms with E-state index in [0.29, 0.717) is 0 Å². The van der Waals surface area contributed by atoms with E-state index >= 15 is 0 Å². The van der Waals surface area contributed by atoms with Crippen molar-refractivity contribution in [1.82, 2.24) is 4.98 Å². The van der Waals surface area contributed by atoms with Crippen LogP contribution in [0.2, 0.25) is 0 Å². The van der Waals surface area contributed by atoms with Crippen molar-refractivity contribution in [2.45, 2.75) is 18.9 Å². The monoisotopic (exact) mass is 241 g/mol. The van der Waals surface area contributed by atoms with E-state index in [9.17, 15) is 5.11 Å². The van der Waals surface area contributed by atoms with Gasteiger partial charge in [-0.05, 0) is 42.2 Å². The van der Waals surface area contributed by atoms with Crippen LogP contribution in [0.5, 0.6) is 0 Å². The lowest BCUT2D eigenvalue weighted by atomic mass is 9.97. The van der Waals surface area contributed by atoms with E-state index < -0.39 is 6.10 Å². The van der Waals surface area contributed by atoms with Gasteiger partial charge in [-0.3, -0.25) is 4.98 Å². The van der Waals surface area contributed by atoms with Crippen molar-refractivity contribution >= 4 is 10.9 Å². The van der Waals surface area contributed by atoms with Crippen LogP contribution >= 0.6 is 0 Å². The zero-order valence-electron chi connectivity index (χ0n) is 10.0. The van der Waals surface area contributed by atoms with Crippen LogP contribution in [-0.2, 0) is 4.74 Å². The lowest BCUT2D eigenvalue weighted by Gasteiger charge is -2.19. The van der Waals surface area contributed by atoms with Gasteiger partial charge in [-0.15, -0.1) is 0 Å². The second-order valence-corrected chi connectivity index (χ2v) is 4.53. The van der Waals surface area contributed by atoms with E-state index in [0.717, 1.165) is 41.5 Å². The fourth-order valence-electron chi connectivity index (χ4n) is 2.26. The molecule has 0 amide bonds. The fourth-order valence-corrected chi connectivity index (χ4v) is 2.26. The van der Waals surface area contributed by atoms with Gasteiger partial charge in [0.05, 0.1) is 18.4 Å². The van der Waals surface area contributed by atoms with Gasteiger partial charge in [0.15, 0.2) is 0 Å². The minimum atomic E-state index is -0.574. The summed E-state index contributed by atoms with van der Waals surface area (Å²) in [5.74, 6) is 0. The molecule has 3 nitrogen and oxygen atoms in total. The Bertz CT molecular complexity index is 592. The second-order valence-electron chi connectivity index (χ2n) is 4.53. The average Bonchev–Trinajstić information content (AvgIpc) is 2.47. The Balaban J connectivity index is 1.96. The number of hydrogen-bond donors (Lipinski definition) is 1. The molecule has 18 heavy (non-hydrogen) atoms. The fraction of sp³-hybridized carbons (Fsp3) is 0.267. The molecule has 2 heterocycles. The molecular weight excluding hydrogens is 226 g/mol. The van der Waals surface area contributed by atoms with Gasteiger partial charge in [-0.2, -0.15) is 0 Å². The number of rotatable bonds is 2. The van der Waals surface area contributed by atoms with Crippen molar-refractivity contribution in [1.29, 1.82) is 0 Å². The first-order valence-electron chi connectivity index (χ1n) is 6.18. The summed E-state index contributed by atoms with van der Waals surface area (Å²) in [4.78, 5) is 4.27. The summed E-state index contributed by atoms with van der Waals surface area (Å²) in [6.07, 6.45) is 4.76. The van der Waals surface area contributed by atoms with E-state index in [2.05, 4.69) is 4.98 Å². The lowest BCUT2D eigenvalue weighted by molar-refractivity contribution is 0.170. The Hall–Kier alpha value is -1.87. The lowest BCUT2D eigenvalue weighted by Crippen LogP contribution is -2.07. The Morgan fingerprint density at radius 2 is 2.22 bits per heavy atom. The van der Waals surface area contributed by atoms with Gasteiger partial charge in [0, 0.05) is 11.6 Å². The zero-order valence-corrected chi connectivity index (χ0v) is 10.0. The highest BCUT2D eigenvalue weighted by molar-refractivity contribution is 5.79. The third kappa shape index (κ3) is 2.09. The van der Waals surface area contributed by atoms with Gasteiger partial charge in [0.25, 0.3) is 0 Å². The highest BCUT2D eigenvalue weighted by Crippen LogP contribution is 2.28. The molecule has 2 aromatic rings.